The minimum atomic E-state index is 0.444. The van der Waals surface area contributed by atoms with Crippen molar-refractivity contribution in [3.63, 3.8) is 0 Å². The Bertz CT molecular complexity index is 753. The number of piperidine rings is 1. The van der Waals surface area contributed by atoms with Gasteiger partial charge in [0, 0.05) is 64.2 Å². The maximum atomic E-state index is 4.94. The number of aryl methyl sites for hydroxylation is 2. The molecule has 0 aromatic carbocycles. The average molecular weight is 384 g/mol. The van der Waals surface area contributed by atoms with E-state index in [1.165, 1.54) is 30.8 Å². The molecule has 0 saturated carbocycles. The molecule has 2 atom stereocenters. The van der Waals surface area contributed by atoms with E-state index in [9.17, 15) is 0 Å². The number of hydrogen-bond donors (Lipinski definition) is 1. The van der Waals surface area contributed by atoms with E-state index in [0.717, 1.165) is 51.5 Å². The highest BCUT2D eigenvalue weighted by molar-refractivity contribution is 5.80. The molecule has 2 aromatic heterocycles. The Hall–Kier alpha value is -2.31. The lowest BCUT2D eigenvalue weighted by molar-refractivity contribution is 0.189. The molecule has 2 aromatic rings. The Balaban J connectivity index is 1.40. The van der Waals surface area contributed by atoms with Crippen LogP contribution < -0.4 is 5.32 Å². The van der Waals surface area contributed by atoms with Gasteiger partial charge >= 0.3 is 0 Å². The second kappa shape index (κ2) is 8.80. The van der Waals surface area contributed by atoms with Crippen molar-refractivity contribution in [1.29, 1.82) is 0 Å². The van der Waals surface area contributed by atoms with Crippen molar-refractivity contribution in [2.24, 2.45) is 10.9 Å². The number of nitrogens with one attached hydrogen (secondary N) is 1. The number of rotatable bonds is 5. The number of aliphatic imine (C=N–C) groups is 1. The Morgan fingerprint density at radius 3 is 3.04 bits per heavy atom. The summed E-state index contributed by atoms with van der Waals surface area (Å²) in [7, 11) is 0. The zero-order valence-electron chi connectivity index (χ0n) is 17.2. The summed E-state index contributed by atoms with van der Waals surface area (Å²) in [6.07, 6.45) is 13.9. The molecule has 1 saturated heterocycles. The molecule has 7 heteroatoms. The molecular weight excluding hydrogens is 350 g/mol. The zero-order valence-corrected chi connectivity index (χ0v) is 17.2. The Morgan fingerprint density at radius 2 is 2.25 bits per heavy atom. The fraction of sp³-hybridized carbons (Fsp3) is 0.667. The lowest BCUT2D eigenvalue weighted by Gasteiger charge is -2.39. The van der Waals surface area contributed by atoms with Crippen LogP contribution >= 0.6 is 0 Å². The third-order valence-electron chi connectivity index (χ3n) is 6.05. The van der Waals surface area contributed by atoms with E-state index in [0.29, 0.717) is 12.0 Å². The summed E-state index contributed by atoms with van der Waals surface area (Å²) < 4.78 is 4.57. The number of guanidine groups is 1. The average Bonchev–Trinajstić information content (AvgIpc) is 3.37. The molecule has 1 N–H and O–H groups in total. The third-order valence-corrected chi connectivity index (χ3v) is 6.05. The molecule has 7 nitrogen and oxygen atoms in total. The van der Waals surface area contributed by atoms with Gasteiger partial charge < -0.3 is 19.4 Å². The lowest BCUT2D eigenvalue weighted by Crippen LogP contribution is -2.49. The highest BCUT2D eigenvalue weighted by Gasteiger charge is 2.28. The molecule has 2 aliphatic heterocycles. The summed E-state index contributed by atoms with van der Waals surface area (Å²) in [5.74, 6) is 2.93. The van der Waals surface area contributed by atoms with E-state index in [1.54, 1.807) is 0 Å². The predicted molar refractivity (Wildman–Crippen MR) is 111 cm³/mol. The summed E-state index contributed by atoms with van der Waals surface area (Å²) in [6.45, 7) is 9.29. The normalized spacial score (nSPS) is 22.9. The van der Waals surface area contributed by atoms with Gasteiger partial charge in [0.15, 0.2) is 5.96 Å². The van der Waals surface area contributed by atoms with Crippen molar-refractivity contribution in [2.75, 3.05) is 26.2 Å². The van der Waals surface area contributed by atoms with Gasteiger partial charge in [0.05, 0.1) is 18.1 Å². The first-order valence-electron chi connectivity index (χ1n) is 10.8. The summed E-state index contributed by atoms with van der Waals surface area (Å²) in [4.78, 5) is 16.4. The van der Waals surface area contributed by atoms with Crippen molar-refractivity contribution in [3.8, 4) is 0 Å². The Morgan fingerprint density at radius 1 is 1.32 bits per heavy atom. The maximum absolute atomic E-state index is 4.94. The number of fused-ring (bicyclic) bond motifs is 1. The minimum absolute atomic E-state index is 0.444. The van der Waals surface area contributed by atoms with E-state index >= 15 is 0 Å². The molecule has 28 heavy (non-hydrogen) atoms. The summed E-state index contributed by atoms with van der Waals surface area (Å²) >= 11 is 0. The van der Waals surface area contributed by atoms with Crippen LogP contribution in [-0.2, 0) is 19.4 Å². The van der Waals surface area contributed by atoms with Crippen molar-refractivity contribution < 1.29 is 0 Å². The first kappa shape index (κ1) is 19.0. The standard InChI is InChI=1S/C21H33N7/c1-3-23-21(24-9-7-18-14-26-11-5-4-6-20(26)25-18)27-12-8-17(2)19(15-27)28-13-10-22-16-28/h10,13-14,16-17,19H,3-9,11-12,15H2,1-2H3,(H,23,24). The third kappa shape index (κ3) is 4.23. The van der Waals surface area contributed by atoms with Crippen LogP contribution in [0.4, 0.5) is 0 Å². The summed E-state index contributed by atoms with van der Waals surface area (Å²) in [5, 5.41) is 3.49. The second-order valence-corrected chi connectivity index (χ2v) is 8.07. The van der Waals surface area contributed by atoms with E-state index in [4.69, 9.17) is 9.98 Å². The molecule has 152 valence electrons. The van der Waals surface area contributed by atoms with Gasteiger partial charge in [-0.15, -0.1) is 0 Å². The van der Waals surface area contributed by atoms with E-state index < -0.39 is 0 Å². The van der Waals surface area contributed by atoms with Crippen LogP contribution in [-0.4, -0.2) is 56.1 Å². The molecule has 0 radical (unpaired) electrons. The number of nitrogens with zero attached hydrogens (tertiary/aromatic N) is 6. The van der Waals surface area contributed by atoms with Gasteiger partial charge in [-0.25, -0.2) is 9.97 Å². The van der Waals surface area contributed by atoms with Crippen LogP contribution in [0.1, 0.15) is 50.7 Å². The predicted octanol–water partition coefficient (Wildman–Crippen LogP) is 2.51. The fourth-order valence-electron chi connectivity index (χ4n) is 4.39. The first-order chi connectivity index (χ1) is 13.7. The van der Waals surface area contributed by atoms with Crippen LogP contribution in [0.2, 0.25) is 0 Å². The molecule has 0 spiro atoms. The van der Waals surface area contributed by atoms with Gasteiger partial charge in [0.25, 0.3) is 0 Å². The van der Waals surface area contributed by atoms with Crippen LogP contribution in [0.3, 0.4) is 0 Å². The highest BCUT2D eigenvalue weighted by atomic mass is 15.3. The van der Waals surface area contributed by atoms with Crippen molar-refractivity contribution in [3.05, 3.63) is 36.4 Å². The molecule has 0 bridgehead atoms. The molecule has 4 rings (SSSR count). The van der Waals surface area contributed by atoms with Crippen molar-refractivity contribution in [1.82, 2.24) is 29.3 Å². The van der Waals surface area contributed by atoms with Crippen LogP contribution in [0.5, 0.6) is 0 Å². The topological polar surface area (TPSA) is 63.3 Å². The fourth-order valence-corrected chi connectivity index (χ4v) is 4.39. The molecule has 1 fully saturated rings. The highest BCUT2D eigenvalue weighted by Crippen LogP contribution is 2.27. The molecule has 0 aliphatic carbocycles. The molecule has 2 unspecified atom stereocenters. The molecule has 0 amide bonds. The zero-order chi connectivity index (χ0) is 19.3. The van der Waals surface area contributed by atoms with Gasteiger partial charge in [-0.3, -0.25) is 4.99 Å². The van der Waals surface area contributed by atoms with Crippen LogP contribution in [0.15, 0.2) is 29.9 Å². The molecule has 4 heterocycles. The summed E-state index contributed by atoms with van der Waals surface area (Å²) in [6, 6.07) is 0.444. The lowest BCUT2D eigenvalue weighted by atomic mass is 9.93. The van der Waals surface area contributed by atoms with Gasteiger partial charge in [-0.2, -0.15) is 0 Å². The maximum Gasteiger partial charge on any atom is 0.193 e. The largest absolute Gasteiger partial charge is 0.357 e. The first-order valence-corrected chi connectivity index (χ1v) is 10.8. The number of likely N-dealkylation sites (tertiary alicyclic amines) is 1. The van der Waals surface area contributed by atoms with Crippen LogP contribution in [0, 0.1) is 5.92 Å². The van der Waals surface area contributed by atoms with Gasteiger partial charge in [0.1, 0.15) is 5.82 Å². The quantitative estimate of drug-likeness (QED) is 0.637. The SMILES string of the molecule is CCNC(=NCCc1cn2c(n1)CCCC2)N1CCC(C)C(n2ccnc2)C1. The van der Waals surface area contributed by atoms with Gasteiger partial charge in [-0.05, 0) is 32.1 Å². The molecular formula is C21H33N7. The minimum Gasteiger partial charge on any atom is -0.357 e. The van der Waals surface area contributed by atoms with Gasteiger partial charge in [0.2, 0.25) is 0 Å². The van der Waals surface area contributed by atoms with Crippen molar-refractivity contribution >= 4 is 5.96 Å². The number of hydrogen-bond acceptors (Lipinski definition) is 3. The second-order valence-electron chi connectivity index (χ2n) is 8.07. The van der Waals surface area contributed by atoms with E-state index in [1.807, 2.05) is 12.5 Å². The van der Waals surface area contributed by atoms with E-state index in [-0.39, 0.29) is 0 Å². The van der Waals surface area contributed by atoms with Crippen molar-refractivity contribution in [2.45, 2.75) is 58.5 Å². The summed E-state index contributed by atoms with van der Waals surface area (Å²) in [5.41, 5.74) is 1.18. The molecule has 2 aliphatic rings. The van der Waals surface area contributed by atoms with Gasteiger partial charge in [-0.1, -0.05) is 6.92 Å². The Labute approximate surface area is 167 Å². The van der Waals surface area contributed by atoms with E-state index in [2.05, 4.69) is 50.6 Å². The Kier molecular flexibility index (Phi) is 5.98. The van der Waals surface area contributed by atoms with Crippen LogP contribution in [0.25, 0.3) is 0 Å². The number of imidazole rings is 2. The number of aromatic nitrogens is 4. The monoisotopic (exact) mass is 383 g/mol. The smallest absolute Gasteiger partial charge is 0.193 e.